The lowest BCUT2D eigenvalue weighted by Crippen LogP contribution is -1.94. The zero-order chi connectivity index (χ0) is 31.1. The van der Waals surface area contributed by atoms with E-state index in [9.17, 15) is 0 Å². The molecular weight excluding hydrogens is 553 g/mol. The highest BCUT2D eigenvalue weighted by molar-refractivity contribution is 6.32. The molecule has 0 aliphatic carbocycles. The quantitative estimate of drug-likeness (QED) is 0.140. The van der Waals surface area contributed by atoms with Crippen LogP contribution in [0, 0.1) is 27.7 Å². The van der Waals surface area contributed by atoms with Gasteiger partial charge in [0.15, 0.2) is 0 Å². The molecule has 0 atom stereocenters. The van der Waals surface area contributed by atoms with Crippen molar-refractivity contribution in [3.05, 3.63) is 156 Å². The first kappa shape index (κ1) is 26.9. The summed E-state index contributed by atoms with van der Waals surface area (Å²) in [7, 11) is 0. The highest BCUT2D eigenvalue weighted by Gasteiger charge is 2.20. The molecule has 0 aliphatic rings. The van der Waals surface area contributed by atoms with Crippen molar-refractivity contribution >= 4 is 64.6 Å². The van der Waals surface area contributed by atoms with E-state index in [0.717, 1.165) is 0 Å². The summed E-state index contributed by atoms with van der Waals surface area (Å²) in [6, 6.07) is 50.6. The SMILES string of the molecule is Cc1cc(C)cc(-c2c3ccccc3c(-c3cc(C)cc(C)c3)c3cc4c5cc6ccccc6cc5c5ccccc5c4cc23)c1. The lowest BCUT2D eigenvalue weighted by molar-refractivity contribution is 1.39. The van der Waals surface area contributed by atoms with Crippen LogP contribution in [0.5, 0.6) is 0 Å². The van der Waals surface area contributed by atoms with Gasteiger partial charge in [-0.05, 0) is 139 Å². The Morgan fingerprint density at radius 1 is 0.261 bits per heavy atom. The molecule has 0 N–H and O–H groups in total. The van der Waals surface area contributed by atoms with E-state index < -0.39 is 0 Å². The molecule has 0 radical (unpaired) electrons. The first-order valence-corrected chi connectivity index (χ1v) is 16.3. The van der Waals surface area contributed by atoms with E-state index in [4.69, 9.17) is 0 Å². The molecule has 0 heterocycles. The second kappa shape index (κ2) is 10.0. The van der Waals surface area contributed by atoms with Crippen molar-refractivity contribution in [1.29, 1.82) is 0 Å². The Morgan fingerprint density at radius 3 is 1.02 bits per heavy atom. The number of benzene rings is 9. The van der Waals surface area contributed by atoms with Gasteiger partial charge in [0.2, 0.25) is 0 Å². The third kappa shape index (κ3) is 4.07. The highest BCUT2D eigenvalue weighted by Crippen LogP contribution is 2.47. The molecule has 0 fully saturated rings. The lowest BCUT2D eigenvalue weighted by atomic mass is 9.82. The zero-order valence-electron chi connectivity index (χ0n) is 26.7. The molecule has 0 heteroatoms. The third-order valence-electron chi connectivity index (χ3n) is 9.87. The molecular formula is C46H34. The molecule has 0 aliphatic heterocycles. The number of rotatable bonds is 2. The molecule has 9 rings (SSSR count). The first-order chi connectivity index (χ1) is 22.4. The predicted molar refractivity (Wildman–Crippen MR) is 201 cm³/mol. The fraction of sp³-hybridized carbons (Fsp3) is 0.0870. The Labute approximate surface area is 269 Å². The smallest absolute Gasteiger partial charge is 0.00259 e. The Kier molecular flexibility index (Phi) is 5.86. The summed E-state index contributed by atoms with van der Waals surface area (Å²) in [5.41, 5.74) is 10.3. The monoisotopic (exact) mass is 586 g/mol. The van der Waals surface area contributed by atoms with Crippen LogP contribution in [0.1, 0.15) is 22.3 Å². The summed E-state index contributed by atoms with van der Waals surface area (Å²) in [5, 5.41) is 15.6. The maximum atomic E-state index is 2.51. The van der Waals surface area contributed by atoms with Crippen LogP contribution in [0.2, 0.25) is 0 Å². The van der Waals surface area contributed by atoms with Gasteiger partial charge in [0, 0.05) is 0 Å². The van der Waals surface area contributed by atoms with Gasteiger partial charge >= 0.3 is 0 Å². The molecule has 0 nitrogen and oxygen atoms in total. The van der Waals surface area contributed by atoms with Gasteiger partial charge in [0.1, 0.15) is 0 Å². The summed E-state index contributed by atoms with van der Waals surface area (Å²) >= 11 is 0. The van der Waals surface area contributed by atoms with E-state index in [-0.39, 0.29) is 0 Å². The van der Waals surface area contributed by atoms with Crippen molar-refractivity contribution in [2.75, 3.05) is 0 Å². The topological polar surface area (TPSA) is 0 Å². The normalized spacial score (nSPS) is 11.9. The zero-order valence-corrected chi connectivity index (χ0v) is 26.7. The Morgan fingerprint density at radius 2 is 0.587 bits per heavy atom. The summed E-state index contributed by atoms with van der Waals surface area (Å²) in [5.74, 6) is 0. The second-order valence-electron chi connectivity index (χ2n) is 13.3. The third-order valence-corrected chi connectivity index (χ3v) is 9.87. The first-order valence-electron chi connectivity index (χ1n) is 16.3. The van der Waals surface area contributed by atoms with Crippen molar-refractivity contribution in [3.63, 3.8) is 0 Å². The molecule has 46 heavy (non-hydrogen) atoms. The summed E-state index contributed by atoms with van der Waals surface area (Å²) in [6.45, 7) is 8.85. The van der Waals surface area contributed by atoms with Crippen molar-refractivity contribution in [1.82, 2.24) is 0 Å². The molecule has 218 valence electrons. The van der Waals surface area contributed by atoms with Gasteiger partial charge in [-0.3, -0.25) is 0 Å². The number of fused-ring (bicyclic) bond motifs is 9. The fourth-order valence-corrected chi connectivity index (χ4v) is 8.17. The molecule has 0 saturated heterocycles. The lowest BCUT2D eigenvalue weighted by Gasteiger charge is -2.21. The molecule has 0 spiro atoms. The highest BCUT2D eigenvalue weighted by atomic mass is 14.2. The number of hydrogen-bond acceptors (Lipinski definition) is 0. The number of hydrogen-bond donors (Lipinski definition) is 0. The summed E-state index contributed by atoms with van der Waals surface area (Å²) in [4.78, 5) is 0. The molecule has 9 aromatic carbocycles. The van der Waals surface area contributed by atoms with Crippen LogP contribution in [-0.2, 0) is 0 Å². The Balaban J connectivity index is 1.58. The molecule has 0 aromatic heterocycles. The van der Waals surface area contributed by atoms with E-state index in [1.807, 2.05) is 0 Å². The average Bonchev–Trinajstić information content (AvgIpc) is 3.05. The Bertz CT molecular complexity index is 2680. The summed E-state index contributed by atoms with van der Waals surface area (Å²) in [6.07, 6.45) is 0. The van der Waals surface area contributed by atoms with Crippen LogP contribution in [0.4, 0.5) is 0 Å². The van der Waals surface area contributed by atoms with Gasteiger partial charge in [0.25, 0.3) is 0 Å². The molecule has 0 amide bonds. The van der Waals surface area contributed by atoms with Crippen LogP contribution >= 0.6 is 0 Å². The molecule has 0 unspecified atom stereocenters. The van der Waals surface area contributed by atoms with Crippen LogP contribution in [0.25, 0.3) is 86.9 Å². The standard InChI is InChI=1S/C46H34/c1-27-17-28(2)20-33(19-27)45-37-15-9-10-16-38(37)46(34-21-29(3)18-30(4)22-34)44-26-42-40-24-32-12-6-5-11-31(32)23-39(40)35-13-7-8-14-36(35)41(42)25-43(44)45/h5-26H,1-4H3. The minimum atomic E-state index is 1.27. The van der Waals surface area contributed by atoms with Gasteiger partial charge in [0.05, 0.1) is 0 Å². The van der Waals surface area contributed by atoms with Crippen LogP contribution < -0.4 is 0 Å². The van der Waals surface area contributed by atoms with Gasteiger partial charge in [-0.25, -0.2) is 0 Å². The van der Waals surface area contributed by atoms with E-state index in [0.29, 0.717) is 0 Å². The average molecular weight is 587 g/mol. The van der Waals surface area contributed by atoms with E-state index in [1.54, 1.807) is 0 Å². The molecule has 0 saturated carbocycles. The van der Waals surface area contributed by atoms with Crippen molar-refractivity contribution in [2.24, 2.45) is 0 Å². The second-order valence-corrected chi connectivity index (χ2v) is 13.3. The van der Waals surface area contributed by atoms with Gasteiger partial charge in [-0.1, -0.05) is 131 Å². The predicted octanol–water partition coefficient (Wildman–Crippen LogP) is 13.2. The van der Waals surface area contributed by atoms with E-state index >= 15 is 0 Å². The van der Waals surface area contributed by atoms with Crippen LogP contribution in [-0.4, -0.2) is 0 Å². The maximum Gasteiger partial charge on any atom is -0.00259 e. The van der Waals surface area contributed by atoms with Gasteiger partial charge in [-0.2, -0.15) is 0 Å². The summed E-state index contributed by atoms with van der Waals surface area (Å²) < 4.78 is 0. The van der Waals surface area contributed by atoms with Crippen LogP contribution in [0.3, 0.4) is 0 Å². The fourth-order valence-electron chi connectivity index (χ4n) is 8.17. The van der Waals surface area contributed by atoms with Crippen molar-refractivity contribution in [3.8, 4) is 22.3 Å². The number of aryl methyl sites for hydroxylation is 4. The van der Waals surface area contributed by atoms with E-state index in [2.05, 4.69) is 161 Å². The van der Waals surface area contributed by atoms with Gasteiger partial charge < -0.3 is 0 Å². The Hall–Kier alpha value is -5.46. The maximum absolute atomic E-state index is 2.51. The van der Waals surface area contributed by atoms with Crippen LogP contribution in [0.15, 0.2) is 133 Å². The molecule has 0 bridgehead atoms. The minimum absolute atomic E-state index is 1.27. The largest absolute Gasteiger partial charge is 0.0616 e. The molecule has 9 aromatic rings. The van der Waals surface area contributed by atoms with Gasteiger partial charge in [-0.15, -0.1) is 0 Å². The van der Waals surface area contributed by atoms with Crippen molar-refractivity contribution < 1.29 is 0 Å². The van der Waals surface area contributed by atoms with Crippen molar-refractivity contribution in [2.45, 2.75) is 27.7 Å². The van der Waals surface area contributed by atoms with E-state index in [1.165, 1.54) is 109 Å². The minimum Gasteiger partial charge on any atom is -0.0616 e.